The van der Waals surface area contributed by atoms with Gasteiger partial charge in [-0.1, -0.05) is 39.8 Å². The monoisotopic (exact) mass is 505 g/mol. The zero-order chi connectivity index (χ0) is 26.0. The highest BCUT2D eigenvalue weighted by atomic mass is 32.1. The third-order valence-corrected chi connectivity index (χ3v) is 6.81. The van der Waals surface area contributed by atoms with Gasteiger partial charge in [0.25, 0.3) is 5.91 Å². The Morgan fingerprint density at radius 3 is 2.46 bits per heavy atom. The first kappa shape index (κ1) is 28.7. The number of benzene rings is 1. The smallest absolute Gasteiger partial charge is 0.270 e. The number of aromatic hydroxyl groups is 1. The summed E-state index contributed by atoms with van der Waals surface area (Å²) in [6.45, 7) is 8.53. The first-order valence-electron chi connectivity index (χ1n) is 12.1. The van der Waals surface area contributed by atoms with Crippen molar-refractivity contribution in [2.45, 2.75) is 71.6 Å². The van der Waals surface area contributed by atoms with Crippen molar-refractivity contribution in [3.63, 3.8) is 0 Å². The third-order valence-electron chi connectivity index (χ3n) is 5.88. The van der Waals surface area contributed by atoms with Gasteiger partial charge in [-0.3, -0.25) is 15.0 Å². The summed E-state index contributed by atoms with van der Waals surface area (Å²) in [6.07, 6.45) is 2.11. The predicted octanol–water partition coefficient (Wildman–Crippen LogP) is 3.05. The first-order valence-corrected chi connectivity index (χ1v) is 12.9. The maximum atomic E-state index is 13.1. The summed E-state index contributed by atoms with van der Waals surface area (Å²) < 4.78 is 6.01. The average Bonchev–Trinajstić information content (AvgIpc) is 3.32. The van der Waals surface area contributed by atoms with Gasteiger partial charge in [-0.25, -0.2) is 10.8 Å². The molecule has 194 valence electrons. The summed E-state index contributed by atoms with van der Waals surface area (Å²) in [6, 6.07) is 6.38. The summed E-state index contributed by atoms with van der Waals surface area (Å²) in [5.41, 5.74) is 9.67. The Balaban J connectivity index is 2.16. The van der Waals surface area contributed by atoms with Crippen molar-refractivity contribution in [1.29, 1.82) is 0 Å². The van der Waals surface area contributed by atoms with E-state index in [1.54, 1.807) is 36.6 Å². The Labute approximate surface area is 211 Å². The fourth-order valence-electron chi connectivity index (χ4n) is 3.60. The van der Waals surface area contributed by atoms with Crippen LogP contribution >= 0.6 is 11.3 Å². The van der Waals surface area contributed by atoms with Crippen LogP contribution in [0, 0.1) is 11.8 Å². The molecule has 2 aromatic rings. The number of carbonyl (C=O) groups excluding carboxylic acids is 2. The molecule has 0 unspecified atom stereocenters. The number of hydrogen-bond donors (Lipinski definition) is 5. The number of rotatable bonds is 14. The first-order chi connectivity index (χ1) is 16.6. The lowest BCUT2D eigenvalue weighted by atomic mass is 9.95. The van der Waals surface area contributed by atoms with Crippen molar-refractivity contribution in [3.8, 4) is 5.75 Å². The molecule has 0 aliphatic heterocycles. The number of nitrogens with one attached hydrogen (secondary N) is 2. The van der Waals surface area contributed by atoms with Crippen molar-refractivity contribution in [3.05, 3.63) is 45.9 Å². The zero-order valence-electron chi connectivity index (χ0n) is 21.0. The molecule has 2 rings (SSSR count). The summed E-state index contributed by atoms with van der Waals surface area (Å²) in [5, 5.41) is 15.0. The van der Waals surface area contributed by atoms with Crippen LogP contribution in [0.4, 0.5) is 0 Å². The van der Waals surface area contributed by atoms with Gasteiger partial charge in [0, 0.05) is 30.0 Å². The zero-order valence-corrected chi connectivity index (χ0v) is 21.8. The summed E-state index contributed by atoms with van der Waals surface area (Å²) in [4.78, 5) is 29.7. The SMILES string of the molecule is CCCO[C@H](C[C@@H](N)C(C)C)c1nc(C(=O)N[C@@H](Cc2ccc(O)cc2)C[C@H](C)C(=O)NN)cs1. The molecule has 0 saturated carbocycles. The molecule has 9 nitrogen and oxygen atoms in total. The van der Waals surface area contributed by atoms with Crippen molar-refractivity contribution in [2.75, 3.05) is 6.61 Å². The van der Waals surface area contributed by atoms with Gasteiger partial charge >= 0.3 is 0 Å². The number of ether oxygens (including phenoxy) is 1. The Morgan fingerprint density at radius 1 is 1.17 bits per heavy atom. The summed E-state index contributed by atoms with van der Waals surface area (Å²) in [7, 11) is 0. The van der Waals surface area contributed by atoms with Crippen LogP contribution in [-0.4, -0.2) is 40.6 Å². The molecule has 0 radical (unpaired) electrons. The van der Waals surface area contributed by atoms with E-state index in [-0.39, 0.29) is 35.8 Å². The van der Waals surface area contributed by atoms with Crippen LogP contribution in [0.3, 0.4) is 0 Å². The van der Waals surface area contributed by atoms with E-state index >= 15 is 0 Å². The topological polar surface area (TPSA) is 153 Å². The second-order valence-electron chi connectivity index (χ2n) is 9.26. The summed E-state index contributed by atoms with van der Waals surface area (Å²) in [5.74, 6) is 4.73. The highest BCUT2D eigenvalue weighted by molar-refractivity contribution is 7.09. The maximum absolute atomic E-state index is 13.1. The minimum Gasteiger partial charge on any atom is -0.508 e. The molecule has 4 atom stereocenters. The Morgan fingerprint density at radius 2 is 1.86 bits per heavy atom. The second-order valence-corrected chi connectivity index (χ2v) is 10.1. The normalized spacial score (nSPS) is 14.8. The van der Waals surface area contributed by atoms with E-state index in [9.17, 15) is 14.7 Å². The Bertz CT molecular complexity index is 934. The molecule has 0 aliphatic carbocycles. The second kappa shape index (κ2) is 14.1. The fraction of sp³-hybridized carbons (Fsp3) is 0.560. The number of hydrogen-bond acceptors (Lipinski definition) is 8. The van der Waals surface area contributed by atoms with E-state index in [4.69, 9.17) is 16.3 Å². The van der Waals surface area contributed by atoms with E-state index in [1.165, 1.54) is 11.3 Å². The lowest BCUT2D eigenvalue weighted by molar-refractivity contribution is -0.124. The molecular weight excluding hydrogens is 466 g/mol. The number of hydrazine groups is 1. The fourth-order valence-corrected chi connectivity index (χ4v) is 4.46. The molecule has 10 heteroatoms. The van der Waals surface area contributed by atoms with E-state index in [1.807, 2.05) is 6.92 Å². The number of aromatic nitrogens is 1. The number of nitrogens with two attached hydrogens (primary N) is 2. The number of phenolic OH excluding ortho intramolecular Hbond substituents is 1. The molecule has 0 aliphatic rings. The molecule has 0 saturated heterocycles. The molecule has 1 aromatic heterocycles. The lowest BCUT2D eigenvalue weighted by Crippen LogP contribution is -2.42. The number of amides is 2. The molecule has 0 spiro atoms. The predicted molar refractivity (Wildman–Crippen MR) is 138 cm³/mol. The lowest BCUT2D eigenvalue weighted by Gasteiger charge is -2.22. The molecule has 35 heavy (non-hydrogen) atoms. The standard InChI is InChI=1S/C25H39N5O4S/c1-5-10-34-22(13-20(26)15(2)3)25-29-21(14-35-25)24(33)28-18(11-16(4)23(32)30-27)12-17-6-8-19(31)9-7-17/h6-9,14-16,18,20,22,31H,5,10-13,26-27H2,1-4H3,(H,28,33)(H,30,32)/t16-,18+,20+,22+/m0/s1. The third kappa shape index (κ3) is 9.21. The van der Waals surface area contributed by atoms with Crippen molar-refractivity contribution < 1.29 is 19.4 Å². The quantitative estimate of drug-likeness (QED) is 0.150. The van der Waals surface area contributed by atoms with E-state index in [0.29, 0.717) is 37.5 Å². The minimum atomic E-state index is -0.405. The molecule has 7 N–H and O–H groups in total. The Hall–Kier alpha value is -2.53. The van der Waals surface area contributed by atoms with Crippen LogP contribution in [0.25, 0.3) is 0 Å². The molecular formula is C25H39N5O4S. The number of phenols is 1. The van der Waals surface area contributed by atoms with Gasteiger partial charge < -0.3 is 20.9 Å². The van der Waals surface area contributed by atoms with Crippen LogP contribution in [0.1, 0.15) is 74.1 Å². The van der Waals surface area contributed by atoms with Crippen LogP contribution in [-0.2, 0) is 16.0 Å². The largest absolute Gasteiger partial charge is 0.508 e. The highest BCUT2D eigenvalue weighted by Crippen LogP contribution is 2.28. The van der Waals surface area contributed by atoms with Crippen molar-refractivity contribution >= 4 is 23.2 Å². The van der Waals surface area contributed by atoms with Crippen LogP contribution in [0.15, 0.2) is 29.6 Å². The van der Waals surface area contributed by atoms with E-state index in [2.05, 4.69) is 29.6 Å². The molecule has 1 heterocycles. The molecule has 0 bridgehead atoms. The number of carbonyl (C=O) groups is 2. The van der Waals surface area contributed by atoms with Crippen molar-refractivity contribution in [1.82, 2.24) is 15.7 Å². The van der Waals surface area contributed by atoms with Crippen LogP contribution in [0.2, 0.25) is 0 Å². The minimum absolute atomic E-state index is 0.0390. The highest BCUT2D eigenvalue weighted by Gasteiger charge is 2.25. The van der Waals surface area contributed by atoms with Crippen LogP contribution in [0.5, 0.6) is 5.75 Å². The van der Waals surface area contributed by atoms with Gasteiger partial charge in [0.15, 0.2) is 0 Å². The molecule has 2 amide bonds. The van der Waals surface area contributed by atoms with Crippen LogP contribution < -0.4 is 22.3 Å². The van der Waals surface area contributed by atoms with Gasteiger partial charge in [0.2, 0.25) is 5.91 Å². The molecule has 0 fully saturated rings. The number of nitrogens with zero attached hydrogens (tertiary/aromatic N) is 1. The number of thiazole rings is 1. The van der Waals surface area contributed by atoms with Gasteiger partial charge in [-0.2, -0.15) is 0 Å². The summed E-state index contributed by atoms with van der Waals surface area (Å²) >= 11 is 1.38. The Kier molecular flexibility index (Phi) is 11.6. The maximum Gasteiger partial charge on any atom is 0.270 e. The van der Waals surface area contributed by atoms with E-state index in [0.717, 1.165) is 17.0 Å². The van der Waals surface area contributed by atoms with Gasteiger partial charge in [0.05, 0.1) is 0 Å². The van der Waals surface area contributed by atoms with Gasteiger partial charge in [-0.05, 0) is 49.3 Å². The van der Waals surface area contributed by atoms with E-state index < -0.39 is 5.92 Å². The van der Waals surface area contributed by atoms with Gasteiger partial charge in [-0.15, -0.1) is 11.3 Å². The average molecular weight is 506 g/mol. The van der Waals surface area contributed by atoms with Gasteiger partial charge in [0.1, 0.15) is 22.6 Å². The van der Waals surface area contributed by atoms with Crippen molar-refractivity contribution in [2.24, 2.45) is 23.4 Å². The molecule has 1 aromatic carbocycles.